The lowest BCUT2D eigenvalue weighted by Gasteiger charge is -2.03. The summed E-state index contributed by atoms with van der Waals surface area (Å²) >= 11 is 5.77. The number of hydrogen-bond acceptors (Lipinski definition) is 2. The van der Waals surface area contributed by atoms with Gasteiger partial charge in [-0.3, -0.25) is 4.98 Å². The van der Waals surface area contributed by atoms with E-state index in [1.165, 1.54) is 12.3 Å². The van der Waals surface area contributed by atoms with Gasteiger partial charge in [0, 0.05) is 17.3 Å². The van der Waals surface area contributed by atoms with Crippen LogP contribution in [0.15, 0.2) is 35.3 Å². The van der Waals surface area contributed by atoms with Crippen molar-refractivity contribution in [2.24, 2.45) is 0 Å². The number of hydrogen-bond donors (Lipinski definition) is 1. The third kappa shape index (κ3) is 1.89. The van der Waals surface area contributed by atoms with Crippen molar-refractivity contribution in [2.75, 3.05) is 0 Å². The van der Waals surface area contributed by atoms with Gasteiger partial charge >= 0.3 is 5.69 Å². The number of benzene rings is 1. The van der Waals surface area contributed by atoms with Gasteiger partial charge in [-0.25, -0.2) is 14.2 Å². The summed E-state index contributed by atoms with van der Waals surface area (Å²) in [5.74, 6) is -0.409. The molecule has 0 unspecified atom stereocenters. The van der Waals surface area contributed by atoms with Crippen LogP contribution in [0.4, 0.5) is 4.39 Å². The molecule has 1 heterocycles. The molecule has 15 heavy (non-hydrogen) atoms. The van der Waals surface area contributed by atoms with E-state index in [-0.39, 0.29) is 5.15 Å². The van der Waals surface area contributed by atoms with Crippen LogP contribution in [0.25, 0.3) is 11.1 Å². The van der Waals surface area contributed by atoms with E-state index >= 15 is 0 Å². The van der Waals surface area contributed by atoms with E-state index < -0.39 is 11.5 Å². The summed E-state index contributed by atoms with van der Waals surface area (Å²) in [6.07, 6.45) is 1.25. The maximum atomic E-state index is 13.4. The van der Waals surface area contributed by atoms with Gasteiger partial charge in [0.1, 0.15) is 11.0 Å². The zero-order valence-electron chi connectivity index (χ0n) is 7.50. The highest BCUT2D eigenvalue weighted by atomic mass is 35.5. The Morgan fingerprint density at radius 3 is 2.67 bits per heavy atom. The Morgan fingerprint density at radius 1 is 1.27 bits per heavy atom. The fourth-order valence-corrected chi connectivity index (χ4v) is 1.47. The van der Waals surface area contributed by atoms with Crippen LogP contribution in [0.1, 0.15) is 0 Å². The average molecular weight is 225 g/mol. The first-order valence-corrected chi connectivity index (χ1v) is 4.56. The zero-order chi connectivity index (χ0) is 10.8. The van der Waals surface area contributed by atoms with Crippen LogP contribution in [-0.4, -0.2) is 9.97 Å². The summed E-state index contributed by atoms with van der Waals surface area (Å²) in [5.41, 5.74) is 0.126. The van der Waals surface area contributed by atoms with E-state index in [4.69, 9.17) is 11.6 Å². The van der Waals surface area contributed by atoms with Crippen LogP contribution in [0.5, 0.6) is 0 Å². The lowest BCUT2D eigenvalue weighted by Crippen LogP contribution is -2.09. The Bertz CT molecular complexity index is 553. The third-order valence-corrected chi connectivity index (χ3v) is 2.23. The minimum absolute atomic E-state index is 0.0834. The van der Waals surface area contributed by atoms with Gasteiger partial charge in [-0.15, -0.1) is 0 Å². The lowest BCUT2D eigenvalue weighted by atomic mass is 10.1. The van der Waals surface area contributed by atoms with Crippen LogP contribution >= 0.6 is 11.6 Å². The van der Waals surface area contributed by atoms with Crippen LogP contribution < -0.4 is 5.69 Å². The van der Waals surface area contributed by atoms with Crippen LogP contribution in [0.3, 0.4) is 0 Å². The highest BCUT2D eigenvalue weighted by Gasteiger charge is 2.08. The topological polar surface area (TPSA) is 45.8 Å². The molecule has 0 fully saturated rings. The van der Waals surface area contributed by atoms with E-state index in [0.29, 0.717) is 11.1 Å². The number of nitrogens with one attached hydrogen (secondary N) is 1. The van der Waals surface area contributed by atoms with Crippen LogP contribution in [0, 0.1) is 5.82 Å². The molecule has 0 radical (unpaired) electrons. The van der Waals surface area contributed by atoms with Crippen molar-refractivity contribution in [1.82, 2.24) is 9.97 Å². The number of H-pyrrole nitrogens is 1. The summed E-state index contributed by atoms with van der Waals surface area (Å²) in [4.78, 5) is 16.6. The summed E-state index contributed by atoms with van der Waals surface area (Å²) in [6.45, 7) is 0. The Balaban J connectivity index is 2.65. The highest BCUT2D eigenvalue weighted by Crippen LogP contribution is 2.26. The molecule has 0 aliphatic rings. The Morgan fingerprint density at radius 2 is 2.00 bits per heavy atom. The Kier molecular flexibility index (Phi) is 2.51. The Hall–Kier alpha value is -1.68. The molecule has 0 saturated carbocycles. The quantitative estimate of drug-likeness (QED) is 0.755. The van der Waals surface area contributed by atoms with Crippen LogP contribution in [-0.2, 0) is 0 Å². The SMILES string of the molecule is O=c1ncc(-c2ccccc2F)c(Cl)[nH]1. The van der Waals surface area contributed by atoms with Gasteiger partial charge in [-0.2, -0.15) is 0 Å². The first-order chi connectivity index (χ1) is 7.18. The molecule has 0 amide bonds. The first kappa shape index (κ1) is 9.86. The van der Waals surface area contributed by atoms with Crippen LogP contribution in [0.2, 0.25) is 5.15 Å². The van der Waals surface area contributed by atoms with Crippen molar-refractivity contribution < 1.29 is 4.39 Å². The molecule has 2 aromatic rings. The lowest BCUT2D eigenvalue weighted by molar-refractivity contribution is 0.631. The fraction of sp³-hybridized carbons (Fsp3) is 0. The number of rotatable bonds is 1. The largest absolute Gasteiger partial charge is 0.346 e. The molecule has 0 aliphatic carbocycles. The molecule has 0 spiro atoms. The highest BCUT2D eigenvalue weighted by molar-refractivity contribution is 6.32. The molecule has 2 rings (SSSR count). The van der Waals surface area contributed by atoms with Crippen molar-refractivity contribution in [3.63, 3.8) is 0 Å². The van der Waals surface area contributed by atoms with Crippen molar-refractivity contribution >= 4 is 11.6 Å². The van der Waals surface area contributed by atoms with Gasteiger partial charge in [0.2, 0.25) is 0 Å². The minimum Gasteiger partial charge on any atom is -0.296 e. The van der Waals surface area contributed by atoms with E-state index in [0.717, 1.165) is 0 Å². The van der Waals surface area contributed by atoms with Crippen molar-refractivity contribution in [1.29, 1.82) is 0 Å². The molecule has 76 valence electrons. The first-order valence-electron chi connectivity index (χ1n) is 4.18. The molecule has 1 aromatic carbocycles. The monoisotopic (exact) mass is 224 g/mol. The van der Waals surface area contributed by atoms with Gasteiger partial charge in [0.25, 0.3) is 0 Å². The second kappa shape index (κ2) is 3.82. The molecule has 5 heteroatoms. The van der Waals surface area contributed by atoms with E-state index in [1.807, 2.05) is 0 Å². The normalized spacial score (nSPS) is 10.3. The predicted octanol–water partition coefficient (Wildman–Crippen LogP) is 2.23. The molecule has 0 aliphatic heterocycles. The maximum Gasteiger partial charge on any atom is 0.346 e. The molecule has 3 nitrogen and oxygen atoms in total. The average Bonchev–Trinajstić information content (AvgIpc) is 2.20. The standard InChI is InChI=1S/C10H6ClFN2O/c11-9-7(5-13-10(15)14-9)6-3-1-2-4-8(6)12/h1-5H,(H,13,14,15). The van der Waals surface area contributed by atoms with Crippen molar-refractivity contribution in [3.05, 3.63) is 51.9 Å². The molecule has 0 saturated heterocycles. The van der Waals surface area contributed by atoms with E-state index in [2.05, 4.69) is 9.97 Å². The molecular formula is C10H6ClFN2O. The van der Waals surface area contributed by atoms with Crippen molar-refractivity contribution in [3.8, 4) is 11.1 Å². The van der Waals surface area contributed by atoms with Gasteiger partial charge in [0.05, 0.1) is 0 Å². The smallest absolute Gasteiger partial charge is 0.296 e. The Labute approximate surface area is 89.6 Å². The predicted molar refractivity (Wildman–Crippen MR) is 55.3 cm³/mol. The van der Waals surface area contributed by atoms with Gasteiger partial charge < -0.3 is 0 Å². The fourth-order valence-electron chi connectivity index (χ4n) is 1.24. The third-order valence-electron chi connectivity index (χ3n) is 1.93. The summed E-state index contributed by atoms with van der Waals surface area (Å²) in [5, 5.41) is 0.0834. The van der Waals surface area contributed by atoms with E-state index in [1.54, 1.807) is 18.2 Å². The minimum atomic E-state index is -0.555. The second-order valence-electron chi connectivity index (χ2n) is 2.90. The second-order valence-corrected chi connectivity index (χ2v) is 3.27. The molecule has 1 N–H and O–H groups in total. The number of nitrogens with zero attached hydrogens (tertiary/aromatic N) is 1. The van der Waals surface area contributed by atoms with Crippen molar-refractivity contribution in [2.45, 2.75) is 0 Å². The zero-order valence-corrected chi connectivity index (χ0v) is 8.25. The molecular weight excluding hydrogens is 219 g/mol. The van der Waals surface area contributed by atoms with E-state index in [9.17, 15) is 9.18 Å². The summed E-state index contributed by atoms with van der Waals surface area (Å²) in [7, 11) is 0. The van der Waals surface area contributed by atoms with Gasteiger partial charge in [-0.05, 0) is 6.07 Å². The number of halogens is 2. The number of aromatic nitrogens is 2. The summed E-state index contributed by atoms with van der Waals surface area (Å²) < 4.78 is 13.4. The molecule has 1 aromatic heterocycles. The summed E-state index contributed by atoms with van der Waals surface area (Å²) in [6, 6.07) is 6.14. The maximum absolute atomic E-state index is 13.4. The molecule has 0 bridgehead atoms. The molecule has 0 atom stereocenters. The van der Waals surface area contributed by atoms with Gasteiger partial charge in [-0.1, -0.05) is 29.8 Å². The number of aromatic amines is 1. The van der Waals surface area contributed by atoms with Gasteiger partial charge in [0.15, 0.2) is 0 Å².